The number of carboxylic acid groups (broad SMARTS) is 3. The molecule has 0 aliphatic carbocycles. The van der Waals surface area contributed by atoms with Crippen LogP contribution in [0.1, 0.15) is 6.92 Å². The average molecular weight is 359 g/mol. The molecule has 0 aromatic rings. The number of carbonyl (C=O) groups is 3. The summed E-state index contributed by atoms with van der Waals surface area (Å²) in [6.45, 7) is 1.33. The van der Waals surface area contributed by atoms with Gasteiger partial charge < -0.3 is 37.6 Å². The van der Waals surface area contributed by atoms with Gasteiger partial charge in [0, 0.05) is 11.5 Å². The Kier molecular flexibility index (Phi) is 13.2. The van der Waals surface area contributed by atoms with Gasteiger partial charge in [-0.2, -0.15) is 0 Å². The Morgan fingerprint density at radius 1 is 0.864 bits per heavy atom. The van der Waals surface area contributed by atoms with Crippen molar-refractivity contribution in [3.05, 3.63) is 0 Å². The number of hydrogen-bond donors (Lipinski definition) is 7. The van der Waals surface area contributed by atoms with Gasteiger partial charge >= 0.3 is 17.9 Å². The number of hydrogen-bond acceptors (Lipinski definition) is 9. The third kappa shape index (κ3) is 12.7. The minimum atomic E-state index is -1.18. The van der Waals surface area contributed by atoms with Gasteiger partial charge in [-0.05, 0) is 6.92 Å². The van der Waals surface area contributed by atoms with Crippen LogP contribution in [0.3, 0.4) is 0 Å². The van der Waals surface area contributed by atoms with Crippen LogP contribution in [0, 0.1) is 0 Å². The van der Waals surface area contributed by atoms with E-state index in [1.165, 1.54) is 28.5 Å². The molecule has 22 heavy (non-hydrogen) atoms. The van der Waals surface area contributed by atoms with E-state index in [1.54, 1.807) is 0 Å². The summed E-state index contributed by atoms with van der Waals surface area (Å²) >= 11 is 0. The Hall–Kier alpha value is -1.05. The molecule has 0 rings (SSSR count). The van der Waals surface area contributed by atoms with Crippen molar-refractivity contribution in [3.63, 3.8) is 0 Å². The zero-order valence-electron chi connectivity index (χ0n) is 11.8. The Morgan fingerprint density at radius 2 is 1.18 bits per heavy atom. The summed E-state index contributed by atoms with van der Waals surface area (Å²) in [4.78, 5) is 30.4. The summed E-state index contributed by atoms with van der Waals surface area (Å²) in [7, 11) is 2.41. The SMILES string of the molecule is C[C@@H](O)[C@H](N)C(=O)O.NC(CSSC[C@H](N)C(=O)O)C(=O)O. The Bertz CT molecular complexity index is 348. The predicted molar refractivity (Wildman–Crippen MR) is 83.4 cm³/mol. The van der Waals surface area contributed by atoms with Gasteiger partial charge in [0.1, 0.15) is 18.1 Å². The lowest BCUT2D eigenvalue weighted by molar-refractivity contribution is -0.141. The number of nitrogens with two attached hydrogens (primary N) is 3. The average Bonchev–Trinajstić information content (AvgIpc) is 2.42. The molecule has 0 aromatic carbocycles. The lowest BCUT2D eigenvalue weighted by Gasteiger charge is -2.07. The van der Waals surface area contributed by atoms with E-state index in [0.29, 0.717) is 0 Å². The normalized spacial score (nSPS) is 15.7. The molecule has 1 unspecified atom stereocenters. The second-order valence-corrected chi connectivity index (χ2v) is 6.62. The summed E-state index contributed by atoms with van der Waals surface area (Å²) in [6.07, 6.45) is -0.979. The van der Waals surface area contributed by atoms with Gasteiger partial charge in [0.05, 0.1) is 6.10 Å². The summed E-state index contributed by atoms with van der Waals surface area (Å²) < 4.78 is 0. The molecule has 0 aromatic heterocycles. The molecule has 0 aliphatic heterocycles. The molecule has 4 atom stereocenters. The first-order valence-electron chi connectivity index (χ1n) is 5.88. The van der Waals surface area contributed by atoms with Crippen LogP contribution in [0.5, 0.6) is 0 Å². The second kappa shape index (κ2) is 12.5. The minimum absolute atomic E-state index is 0.229. The highest BCUT2D eigenvalue weighted by molar-refractivity contribution is 8.76. The van der Waals surface area contributed by atoms with Crippen molar-refractivity contribution in [2.24, 2.45) is 17.2 Å². The zero-order valence-corrected chi connectivity index (χ0v) is 13.4. The first-order valence-corrected chi connectivity index (χ1v) is 8.37. The van der Waals surface area contributed by atoms with Crippen LogP contribution in [-0.2, 0) is 14.4 Å². The van der Waals surface area contributed by atoms with Gasteiger partial charge in [0.25, 0.3) is 0 Å². The maximum atomic E-state index is 10.3. The van der Waals surface area contributed by atoms with Crippen LogP contribution in [0.2, 0.25) is 0 Å². The lowest BCUT2D eigenvalue weighted by atomic mass is 10.2. The molecule has 0 radical (unpaired) electrons. The largest absolute Gasteiger partial charge is 0.480 e. The number of rotatable bonds is 9. The maximum Gasteiger partial charge on any atom is 0.323 e. The molecule has 0 saturated heterocycles. The van der Waals surface area contributed by atoms with Gasteiger partial charge in [-0.15, -0.1) is 0 Å². The van der Waals surface area contributed by atoms with E-state index >= 15 is 0 Å². The van der Waals surface area contributed by atoms with E-state index < -0.39 is 42.1 Å². The topological polar surface area (TPSA) is 210 Å². The number of carboxylic acids is 3. The molecule has 0 amide bonds. The summed E-state index contributed by atoms with van der Waals surface area (Å²) in [5.74, 6) is -2.86. The lowest BCUT2D eigenvalue weighted by Crippen LogP contribution is -2.39. The highest BCUT2D eigenvalue weighted by Crippen LogP contribution is 2.22. The van der Waals surface area contributed by atoms with Crippen LogP contribution < -0.4 is 17.2 Å². The predicted octanol–water partition coefficient (Wildman–Crippen LogP) is -2.03. The summed E-state index contributed by atoms with van der Waals surface area (Å²) in [6, 6.07) is -3.00. The first-order chi connectivity index (χ1) is 10.0. The fourth-order valence-corrected chi connectivity index (χ4v) is 2.82. The van der Waals surface area contributed by atoms with Crippen LogP contribution in [0.4, 0.5) is 0 Å². The molecule has 0 spiro atoms. The quantitative estimate of drug-likeness (QED) is 0.175. The van der Waals surface area contributed by atoms with Crippen molar-refractivity contribution in [3.8, 4) is 0 Å². The minimum Gasteiger partial charge on any atom is -0.480 e. The van der Waals surface area contributed by atoms with E-state index in [9.17, 15) is 14.4 Å². The molecular formula is C10H21N3O7S2. The Morgan fingerprint density at radius 3 is 1.32 bits per heavy atom. The number of aliphatic hydroxyl groups is 1. The van der Waals surface area contributed by atoms with Gasteiger partial charge in [-0.1, -0.05) is 21.6 Å². The smallest absolute Gasteiger partial charge is 0.323 e. The second-order valence-electron chi connectivity index (χ2n) is 4.06. The van der Waals surface area contributed by atoms with Gasteiger partial charge in [-0.3, -0.25) is 14.4 Å². The Balaban J connectivity index is 0. The maximum absolute atomic E-state index is 10.3. The molecule has 0 fully saturated rings. The van der Waals surface area contributed by atoms with E-state index in [4.69, 9.17) is 37.6 Å². The van der Waals surface area contributed by atoms with E-state index in [2.05, 4.69) is 0 Å². The van der Waals surface area contributed by atoms with E-state index in [0.717, 1.165) is 0 Å². The molecule has 10 nitrogen and oxygen atoms in total. The molecule has 12 heteroatoms. The van der Waals surface area contributed by atoms with Crippen LogP contribution in [0.25, 0.3) is 0 Å². The van der Waals surface area contributed by atoms with Crippen LogP contribution in [-0.4, -0.2) is 74.1 Å². The van der Waals surface area contributed by atoms with E-state index in [1.807, 2.05) is 0 Å². The van der Waals surface area contributed by atoms with Crippen molar-refractivity contribution in [2.45, 2.75) is 31.2 Å². The van der Waals surface area contributed by atoms with Crippen molar-refractivity contribution < 1.29 is 34.8 Å². The fraction of sp³-hybridized carbons (Fsp3) is 0.700. The van der Waals surface area contributed by atoms with Gasteiger partial charge in [0.15, 0.2) is 0 Å². The first kappa shape index (κ1) is 23.2. The van der Waals surface area contributed by atoms with E-state index in [-0.39, 0.29) is 11.5 Å². The fourth-order valence-electron chi connectivity index (χ4n) is 0.592. The highest BCUT2D eigenvalue weighted by Gasteiger charge is 2.16. The van der Waals surface area contributed by atoms with Gasteiger partial charge in [0.2, 0.25) is 0 Å². The highest BCUT2D eigenvalue weighted by atomic mass is 33.1. The third-order valence-electron chi connectivity index (χ3n) is 2.02. The molecule has 10 N–H and O–H groups in total. The number of aliphatic hydroxyl groups excluding tert-OH is 1. The summed E-state index contributed by atoms with van der Waals surface area (Å²) in [5.41, 5.74) is 15.3. The standard InChI is InChI=1S/C6H12N2O4S2.C4H9NO3/c7-3(5(9)10)1-13-14-2-4(8)6(11)12;1-2(6)3(5)4(7)8/h3-4H,1-2,7-8H2,(H,9,10)(H,11,12);2-3,6H,5H2,1H3,(H,7,8)/t3-,4?;2-,3+/m01/s1. The number of aliphatic carboxylic acids is 3. The summed E-state index contributed by atoms with van der Waals surface area (Å²) in [5, 5.41) is 33.4. The molecule has 0 aliphatic rings. The molecular weight excluding hydrogens is 338 g/mol. The van der Waals surface area contributed by atoms with Crippen molar-refractivity contribution >= 4 is 39.5 Å². The Labute approximate surface area is 134 Å². The monoisotopic (exact) mass is 359 g/mol. The molecule has 0 heterocycles. The zero-order chi connectivity index (χ0) is 17.9. The van der Waals surface area contributed by atoms with Crippen LogP contribution in [0.15, 0.2) is 0 Å². The van der Waals surface area contributed by atoms with Crippen molar-refractivity contribution in [1.82, 2.24) is 0 Å². The third-order valence-corrected chi connectivity index (χ3v) is 4.49. The van der Waals surface area contributed by atoms with Gasteiger partial charge in [-0.25, -0.2) is 0 Å². The van der Waals surface area contributed by atoms with Crippen LogP contribution >= 0.6 is 21.6 Å². The molecule has 0 bridgehead atoms. The van der Waals surface area contributed by atoms with Crippen molar-refractivity contribution in [1.29, 1.82) is 0 Å². The van der Waals surface area contributed by atoms with Crippen molar-refractivity contribution in [2.75, 3.05) is 11.5 Å². The molecule has 130 valence electrons. The molecule has 0 saturated carbocycles.